The molecule has 1 aliphatic carbocycles. The lowest BCUT2D eigenvalue weighted by Gasteiger charge is -2.22. The smallest absolute Gasteiger partial charge is 0.0999 e. The summed E-state index contributed by atoms with van der Waals surface area (Å²) in [4.78, 5) is 0. The Kier molecular flexibility index (Phi) is 3.27. The molecular formula is C23H18N2. The average Bonchev–Trinajstić information content (AvgIpc) is 3.12. The van der Waals surface area contributed by atoms with Crippen molar-refractivity contribution < 1.29 is 0 Å². The van der Waals surface area contributed by atoms with Crippen LogP contribution in [0.3, 0.4) is 0 Å². The monoisotopic (exact) mass is 322 g/mol. The Bertz CT molecular complexity index is 1090. The molecule has 120 valence electrons. The number of aromatic amines is 1. The van der Waals surface area contributed by atoms with E-state index in [1.807, 2.05) is 6.07 Å². The molecule has 0 bridgehead atoms. The van der Waals surface area contributed by atoms with Gasteiger partial charge in [-0.25, -0.2) is 0 Å². The van der Waals surface area contributed by atoms with Crippen LogP contribution in [-0.4, -0.2) is 10.2 Å². The lowest BCUT2D eigenvalue weighted by molar-refractivity contribution is 0.819. The highest BCUT2D eigenvalue weighted by atomic mass is 15.1. The van der Waals surface area contributed by atoms with E-state index >= 15 is 0 Å². The van der Waals surface area contributed by atoms with Gasteiger partial charge in [0, 0.05) is 16.9 Å². The molecule has 1 aromatic heterocycles. The van der Waals surface area contributed by atoms with Gasteiger partial charge < -0.3 is 0 Å². The van der Waals surface area contributed by atoms with E-state index in [1.54, 1.807) is 0 Å². The zero-order chi connectivity index (χ0) is 16.6. The van der Waals surface area contributed by atoms with Crippen LogP contribution in [0.25, 0.3) is 28.2 Å². The molecular weight excluding hydrogens is 304 g/mol. The van der Waals surface area contributed by atoms with Crippen molar-refractivity contribution >= 4 is 17.0 Å². The van der Waals surface area contributed by atoms with Gasteiger partial charge >= 0.3 is 0 Å². The number of aromatic nitrogens is 2. The molecule has 4 aromatic rings. The summed E-state index contributed by atoms with van der Waals surface area (Å²) in [6.07, 6.45) is 5.56. The van der Waals surface area contributed by atoms with E-state index in [0.717, 1.165) is 17.6 Å². The minimum atomic E-state index is 0.409. The largest absolute Gasteiger partial charge is 0.277 e. The van der Waals surface area contributed by atoms with Gasteiger partial charge in [-0.15, -0.1) is 0 Å². The topological polar surface area (TPSA) is 28.7 Å². The molecule has 1 N–H and O–H groups in total. The SMILES string of the molecule is C1=Cc2ccccc2C(c2cccc(-c3n[nH]c4ccccc34)c2)C1. The van der Waals surface area contributed by atoms with E-state index < -0.39 is 0 Å². The van der Waals surface area contributed by atoms with E-state index in [0.29, 0.717) is 5.92 Å². The summed E-state index contributed by atoms with van der Waals surface area (Å²) in [5.41, 5.74) is 7.36. The molecule has 0 fully saturated rings. The van der Waals surface area contributed by atoms with Crippen LogP contribution in [0.4, 0.5) is 0 Å². The van der Waals surface area contributed by atoms with Gasteiger partial charge in [0.05, 0.1) is 11.2 Å². The number of allylic oxidation sites excluding steroid dienone is 1. The van der Waals surface area contributed by atoms with Crippen LogP contribution in [0.2, 0.25) is 0 Å². The van der Waals surface area contributed by atoms with Crippen molar-refractivity contribution in [2.75, 3.05) is 0 Å². The van der Waals surface area contributed by atoms with Crippen molar-refractivity contribution in [3.8, 4) is 11.3 Å². The van der Waals surface area contributed by atoms with Crippen molar-refractivity contribution in [1.82, 2.24) is 10.2 Å². The predicted octanol–water partition coefficient (Wildman–Crippen LogP) is 5.78. The molecule has 1 heterocycles. The number of nitrogens with one attached hydrogen (secondary N) is 1. The first-order valence-corrected chi connectivity index (χ1v) is 8.69. The fourth-order valence-electron chi connectivity index (χ4n) is 3.84. The van der Waals surface area contributed by atoms with Gasteiger partial charge in [-0.1, -0.05) is 72.8 Å². The molecule has 0 radical (unpaired) electrons. The predicted molar refractivity (Wildman–Crippen MR) is 103 cm³/mol. The van der Waals surface area contributed by atoms with Gasteiger partial charge in [0.2, 0.25) is 0 Å². The van der Waals surface area contributed by atoms with Crippen molar-refractivity contribution in [3.05, 3.63) is 95.6 Å². The third-order valence-corrected chi connectivity index (χ3v) is 5.07. The molecule has 0 saturated carbocycles. The minimum absolute atomic E-state index is 0.409. The number of fused-ring (bicyclic) bond motifs is 2. The van der Waals surface area contributed by atoms with Gasteiger partial charge in [0.1, 0.15) is 0 Å². The number of H-pyrrole nitrogens is 1. The fourth-order valence-corrected chi connectivity index (χ4v) is 3.84. The molecule has 1 atom stereocenters. The van der Waals surface area contributed by atoms with Crippen molar-refractivity contribution in [3.63, 3.8) is 0 Å². The lowest BCUT2D eigenvalue weighted by Crippen LogP contribution is -2.05. The fraction of sp³-hybridized carbons (Fsp3) is 0.0870. The Labute approximate surface area is 146 Å². The molecule has 0 saturated heterocycles. The quantitative estimate of drug-likeness (QED) is 0.498. The van der Waals surface area contributed by atoms with E-state index in [2.05, 4.69) is 89.1 Å². The van der Waals surface area contributed by atoms with Crippen LogP contribution < -0.4 is 0 Å². The minimum Gasteiger partial charge on any atom is -0.277 e. The maximum Gasteiger partial charge on any atom is 0.0999 e. The number of nitrogens with zero attached hydrogens (tertiary/aromatic N) is 1. The summed E-state index contributed by atoms with van der Waals surface area (Å²) in [5.74, 6) is 0.409. The summed E-state index contributed by atoms with van der Waals surface area (Å²) in [6.45, 7) is 0. The first kappa shape index (κ1) is 14.2. The first-order chi connectivity index (χ1) is 12.4. The molecule has 2 heteroatoms. The standard InChI is InChI=1S/C23H18N2/c1-2-11-19-16(7-1)8-6-13-20(19)17-9-5-10-18(15-17)23-21-12-3-4-14-22(21)24-25-23/h1-12,14-15,20H,13H2,(H,24,25). The summed E-state index contributed by atoms with van der Waals surface area (Å²) in [5, 5.41) is 8.87. The van der Waals surface area contributed by atoms with Crippen LogP contribution in [-0.2, 0) is 0 Å². The Morgan fingerprint density at radius 2 is 1.76 bits per heavy atom. The number of benzene rings is 3. The molecule has 2 nitrogen and oxygen atoms in total. The lowest BCUT2D eigenvalue weighted by atomic mass is 9.82. The molecule has 0 amide bonds. The molecule has 5 rings (SSSR count). The van der Waals surface area contributed by atoms with Crippen LogP contribution in [0.1, 0.15) is 29.0 Å². The van der Waals surface area contributed by atoms with Gasteiger partial charge in [-0.05, 0) is 35.2 Å². The third kappa shape index (κ3) is 2.38. The maximum absolute atomic E-state index is 4.56. The molecule has 0 spiro atoms. The summed E-state index contributed by atoms with van der Waals surface area (Å²) in [7, 11) is 0. The molecule has 3 aromatic carbocycles. The van der Waals surface area contributed by atoms with Gasteiger partial charge in [0.15, 0.2) is 0 Å². The highest BCUT2D eigenvalue weighted by molar-refractivity contribution is 5.92. The zero-order valence-electron chi connectivity index (χ0n) is 13.8. The molecule has 1 aliphatic rings. The number of hydrogen-bond acceptors (Lipinski definition) is 1. The Balaban J connectivity index is 1.61. The van der Waals surface area contributed by atoms with Crippen LogP contribution >= 0.6 is 0 Å². The van der Waals surface area contributed by atoms with Crippen molar-refractivity contribution in [2.24, 2.45) is 0 Å². The van der Waals surface area contributed by atoms with Crippen LogP contribution in [0, 0.1) is 0 Å². The second kappa shape index (κ2) is 5.75. The van der Waals surface area contributed by atoms with E-state index in [-0.39, 0.29) is 0 Å². The average molecular weight is 322 g/mol. The van der Waals surface area contributed by atoms with E-state index in [1.165, 1.54) is 27.6 Å². The second-order valence-electron chi connectivity index (χ2n) is 6.56. The highest BCUT2D eigenvalue weighted by Crippen LogP contribution is 2.37. The normalized spacial score (nSPS) is 16.1. The number of para-hydroxylation sites is 1. The zero-order valence-corrected chi connectivity index (χ0v) is 13.8. The third-order valence-electron chi connectivity index (χ3n) is 5.07. The Hall–Kier alpha value is -3.13. The molecule has 0 aliphatic heterocycles. The van der Waals surface area contributed by atoms with Gasteiger partial charge in [-0.2, -0.15) is 5.10 Å². The summed E-state index contributed by atoms with van der Waals surface area (Å²) >= 11 is 0. The first-order valence-electron chi connectivity index (χ1n) is 8.69. The van der Waals surface area contributed by atoms with Gasteiger partial charge in [-0.3, -0.25) is 5.10 Å². The van der Waals surface area contributed by atoms with E-state index in [4.69, 9.17) is 0 Å². The summed E-state index contributed by atoms with van der Waals surface area (Å²) < 4.78 is 0. The number of hydrogen-bond donors (Lipinski definition) is 1. The molecule has 25 heavy (non-hydrogen) atoms. The van der Waals surface area contributed by atoms with Crippen LogP contribution in [0.5, 0.6) is 0 Å². The Morgan fingerprint density at radius 1 is 0.880 bits per heavy atom. The summed E-state index contributed by atoms with van der Waals surface area (Å²) in [6, 6.07) is 25.8. The van der Waals surface area contributed by atoms with Crippen molar-refractivity contribution in [2.45, 2.75) is 12.3 Å². The van der Waals surface area contributed by atoms with Crippen molar-refractivity contribution in [1.29, 1.82) is 0 Å². The number of rotatable bonds is 2. The maximum atomic E-state index is 4.56. The second-order valence-corrected chi connectivity index (χ2v) is 6.56. The van der Waals surface area contributed by atoms with E-state index in [9.17, 15) is 0 Å². The van der Waals surface area contributed by atoms with Crippen LogP contribution in [0.15, 0.2) is 78.9 Å². The Morgan fingerprint density at radius 3 is 2.76 bits per heavy atom. The van der Waals surface area contributed by atoms with Gasteiger partial charge in [0.25, 0.3) is 0 Å². The molecule has 1 unspecified atom stereocenters. The highest BCUT2D eigenvalue weighted by Gasteiger charge is 2.19.